The standard InChI is InChI=1S/C9H16N2O2/c1-5-6-7(9(2,3)4)10-8(12)11-13/h5-6,13H,1-4H3,(H,11,12)/b6-5-,10-7?. The van der Waals surface area contributed by atoms with Crippen molar-refractivity contribution in [1.82, 2.24) is 5.48 Å². The Kier molecular flexibility index (Phi) is 4.34. The van der Waals surface area contributed by atoms with E-state index in [0.717, 1.165) is 0 Å². The molecule has 13 heavy (non-hydrogen) atoms. The molecule has 0 bridgehead atoms. The lowest BCUT2D eigenvalue weighted by Gasteiger charge is -2.17. The molecule has 0 aliphatic carbocycles. The lowest BCUT2D eigenvalue weighted by Crippen LogP contribution is -2.23. The first kappa shape index (κ1) is 11.8. The van der Waals surface area contributed by atoms with Crippen LogP contribution < -0.4 is 5.48 Å². The van der Waals surface area contributed by atoms with E-state index >= 15 is 0 Å². The fourth-order valence-electron chi connectivity index (χ4n) is 0.747. The second-order valence-electron chi connectivity index (χ2n) is 3.66. The summed E-state index contributed by atoms with van der Waals surface area (Å²) in [7, 11) is 0. The number of urea groups is 1. The highest BCUT2D eigenvalue weighted by Gasteiger charge is 2.17. The smallest absolute Gasteiger partial charge is 0.287 e. The van der Waals surface area contributed by atoms with E-state index in [0.29, 0.717) is 5.71 Å². The van der Waals surface area contributed by atoms with Crippen LogP contribution in [0.2, 0.25) is 0 Å². The summed E-state index contributed by atoms with van der Waals surface area (Å²) in [5.74, 6) is 0. The van der Waals surface area contributed by atoms with Crippen LogP contribution in [0.4, 0.5) is 4.79 Å². The van der Waals surface area contributed by atoms with Gasteiger partial charge in [-0.1, -0.05) is 26.8 Å². The number of allylic oxidation sites excluding steroid dienone is 2. The van der Waals surface area contributed by atoms with Crippen LogP contribution in [0.3, 0.4) is 0 Å². The molecule has 0 unspecified atom stereocenters. The Morgan fingerprint density at radius 2 is 2.00 bits per heavy atom. The van der Waals surface area contributed by atoms with Gasteiger partial charge in [-0.25, -0.2) is 10.3 Å². The molecule has 0 spiro atoms. The molecule has 74 valence electrons. The predicted molar refractivity (Wildman–Crippen MR) is 52.0 cm³/mol. The second-order valence-corrected chi connectivity index (χ2v) is 3.66. The number of hydroxylamine groups is 1. The maximum Gasteiger partial charge on any atom is 0.364 e. The molecular formula is C9H16N2O2. The van der Waals surface area contributed by atoms with E-state index in [1.165, 1.54) is 5.48 Å². The van der Waals surface area contributed by atoms with Crippen LogP contribution >= 0.6 is 0 Å². The Labute approximate surface area is 78.3 Å². The van der Waals surface area contributed by atoms with Gasteiger partial charge in [0.2, 0.25) is 0 Å². The summed E-state index contributed by atoms with van der Waals surface area (Å²) in [4.78, 5) is 14.4. The summed E-state index contributed by atoms with van der Waals surface area (Å²) >= 11 is 0. The molecule has 2 amide bonds. The molecule has 0 rings (SSSR count). The number of nitrogens with one attached hydrogen (secondary N) is 1. The van der Waals surface area contributed by atoms with E-state index in [9.17, 15) is 4.79 Å². The third kappa shape index (κ3) is 4.42. The summed E-state index contributed by atoms with van der Waals surface area (Å²) in [5.41, 5.74) is 1.88. The van der Waals surface area contributed by atoms with Crippen LogP contribution in [0.5, 0.6) is 0 Å². The summed E-state index contributed by atoms with van der Waals surface area (Å²) in [5, 5.41) is 8.29. The second kappa shape index (κ2) is 4.77. The van der Waals surface area contributed by atoms with Gasteiger partial charge in [0.1, 0.15) is 0 Å². The number of rotatable bonds is 1. The SMILES string of the molecule is C/C=C\C(=NC(=O)NO)C(C)(C)C. The quantitative estimate of drug-likeness (QED) is 0.372. The van der Waals surface area contributed by atoms with Gasteiger partial charge in [-0.15, -0.1) is 0 Å². The minimum atomic E-state index is -0.747. The van der Waals surface area contributed by atoms with Gasteiger partial charge >= 0.3 is 6.03 Å². The number of hydrogen-bond acceptors (Lipinski definition) is 2. The third-order valence-electron chi connectivity index (χ3n) is 1.41. The molecule has 2 N–H and O–H groups in total. The predicted octanol–water partition coefficient (Wildman–Crippen LogP) is 2.15. The van der Waals surface area contributed by atoms with Crippen LogP contribution in [0.25, 0.3) is 0 Å². The van der Waals surface area contributed by atoms with Crippen molar-refractivity contribution in [1.29, 1.82) is 0 Å². The normalized spacial score (nSPS) is 13.5. The van der Waals surface area contributed by atoms with Crippen molar-refractivity contribution >= 4 is 11.7 Å². The van der Waals surface area contributed by atoms with Crippen LogP contribution in [-0.4, -0.2) is 17.0 Å². The maximum atomic E-state index is 10.8. The van der Waals surface area contributed by atoms with E-state index < -0.39 is 6.03 Å². The zero-order valence-electron chi connectivity index (χ0n) is 8.46. The largest absolute Gasteiger partial charge is 0.364 e. The Balaban J connectivity index is 4.81. The summed E-state index contributed by atoms with van der Waals surface area (Å²) in [6.45, 7) is 7.67. The molecule has 0 aromatic rings. The molecule has 0 radical (unpaired) electrons. The van der Waals surface area contributed by atoms with Crippen molar-refractivity contribution in [2.24, 2.45) is 10.4 Å². The first-order chi connectivity index (χ1) is 5.91. The summed E-state index contributed by atoms with van der Waals surface area (Å²) < 4.78 is 0. The minimum Gasteiger partial charge on any atom is -0.287 e. The molecular weight excluding hydrogens is 168 g/mol. The highest BCUT2D eigenvalue weighted by atomic mass is 16.5. The van der Waals surface area contributed by atoms with Crippen molar-refractivity contribution in [2.75, 3.05) is 0 Å². The van der Waals surface area contributed by atoms with Gasteiger partial charge in [0.15, 0.2) is 0 Å². The minimum absolute atomic E-state index is 0.209. The van der Waals surface area contributed by atoms with Gasteiger partial charge in [-0.2, -0.15) is 4.99 Å². The molecule has 4 nitrogen and oxygen atoms in total. The van der Waals surface area contributed by atoms with E-state index in [2.05, 4.69) is 4.99 Å². The summed E-state index contributed by atoms with van der Waals surface area (Å²) in [6, 6.07) is -0.747. The molecule has 0 aliphatic heterocycles. The first-order valence-corrected chi connectivity index (χ1v) is 4.07. The Hall–Kier alpha value is -1.16. The molecule has 0 fully saturated rings. The maximum absolute atomic E-state index is 10.8. The number of carbonyl (C=O) groups excluding carboxylic acids is 1. The zero-order chi connectivity index (χ0) is 10.5. The molecule has 0 saturated carbocycles. The van der Waals surface area contributed by atoms with Crippen LogP contribution in [0.1, 0.15) is 27.7 Å². The third-order valence-corrected chi connectivity index (χ3v) is 1.41. The highest BCUT2D eigenvalue weighted by Crippen LogP contribution is 2.17. The van der Waals surface area contributed by atoms with Crippen molar-refractivity contribution in [3.8, 4) is 0 Å². The topological polar surface area (TPSA) is 61.7 Å². The van der Waals surface area contributed by atoms with Gasteiger partial charge < -0.3 is 0 Å². The number of carbonyl (C=O) groups is 1. The van der Waals surface area contributed by atoms with Crippen LogP contribution in [0.15, 0.2) is 17.1 Å². The monoisotopic (exact) mass is 184 g/mol. The lowest BCUT2D eigenvalue weighted by atomic mass is 9.89. The van der Waals surface area contributed by atoms with Crippen molar-refractivity contribution in [2.45, 2.75) is 27.7 Å². The lowest BCUT2D eigenvalue weighted by molar-refractivity contribution is 0.169. The highest BCUT2D eigenvalue weighted by molar-refractivity contribution is 6.04. The average Bonchev–Trinajstić information content (AvgIpc) is 2.01. The Morgan fingerprint density at radius 3 is 2.31 bits per heavy atom. The summed E-state index contributed by atoms with van der Waals surface area (Å²) in [6.07, 6.45) is 3.55. The van der Waals surface area contributed by atoms with Crippen molar-refractivity contribution in [3.63, 3.8) is 0 Å². The molecule has 0 aromatic heterocycles. The number of aliphatic imine (C=N–C) groups is 1. The van der Waals surface area contributed by atoms with Crippen molar-refractivity contribution in [3.05, 3.63) is 12.2 Å². The molecule has 0 atom stereocenters. The van der Waals surface area contributed by atoms with Crippen molar-refractivity contribution < 1.29 is 10.0 Å². The van der Waals surface area contributed by atoms with Crippen LogP contribution in [0, 0.1) is 5.41 Å². The zero-order valence-corrected chi connectivity index (χ0v) is 8.46. The average molecular weight is 184 g/mol. The van der Waals surface area contributed by atoms with Gasteiger partial charge in [-0.3, -0.25) is 5.21 Å². The molecule has 0 heterocycles. The fourth-order valence-corrected chi connectivity index (χ4v) is 0.747. The van der Waals surface area contributed by atoms with Gasteiger partial charge in [0.05, 0.1) is 5.71 Å². The first-order valence-electron chi connectivity index (χ1n) is 4.07. The van der Waals surface area contributed by atoms with Gasteiger partial charge in [-0.05, 0) is 13.0 Å². The van der Waals surface area contributed by atoms with Crippen LogP contribution in [-0.2, 0) is 0 Å². The van der Waals surface area contributed by atoms with E-state index in [1.54, 1.807) is 12.2 Å². The molecule has 0 saturated heterocycles. The number of hydrogen-bond donors (Lipinski definition) is 2. The van der Waals surface area contributed by atoms with E-state index in [1.807, 2.05) is 27.7 Å². The molecule has 0 aliphatic rings. The number of amides is 2. The van der Waals surface area contributed by atoms with E-state index in [-0.39, 0.29) is 5.41 Å². The van der Waals surface area contributed by atoms with Gasteiger partial charge in [0.25, 0.3) is 0 Å². The molecule has 4 heteroatoms. The number of nitrogens with zero attached hydrogens (tertiary/aromatic N) is 1. The van der Waals surface area contributed by atoms with Gasteiger partial charge in [0, 0.05) is 5.41 Å². The van der Waals surface area contributed by atoms with E-state index in [4.69, 9.17) is 5.21 Å². The Bertz CT molecular complexity index is 236. The fraction of sp³-hybridized carbons (Fsp3) is 0.556. The molecule has 0 aromatic carbocycles. The Morgan fingerprint density at radius 1 is 1.46 bits per heavy atom.